The molecule has 0 aromatic carbocycles. The fourth-order valence-corrected chi connectivity index (χ4v) is 27.7. The van der Waals surface area contributed by atoms with Crippen LogP contribution in [0.4, 0.5) is 0 Å². The van der Waals surface area contributed by atoms with Gasteiger partial charge < -0.3 is 0 Å². The Bertz CT molecular complexity index is 1530. The van der Waals surface area contributed by atoms with Crippen LogP contribution >= 0.6 is 111 Å². The van der Waals surface area contributed by atoms with Gasteiger partial charge in [0.05, 0.1) is 0 Å². The zero-order valence-electron chi connectivity index (χ0n) is 90.2. The van der Waals surface area contributed by atoms with Crippen molar-refractivity contribution >= 4 is 135 Å². The molecule has 0 aliphatic heterocycles. The van der Waals surface area contributed by atoms with Gasteiger partial charge in [0.15, 0.2) is 0 Å². The molecule has 785 valence electrons. The second kappa shape index (κ2) is 131. The molecule has 6 unspecified atom stereocenters. The summed E-state index contributed by atoms with van der Waals surface area (Å²) in [5.41, 5.74) is 0. The minimum Gasteiger partial charge on any atom is -0.179 e. The Balaban J connectivity index is -0.000000912. The van der Waals surface area contributed by atoms with Crippen LogP contribution in [0.3, 0.4) is 0 Å². The Hall–Kier alpha value is 3.97. The maximum atomic E-state index is 4.62. The molecule has 0 saturated carbocycles. The zero-order valence-corrected chi connectivity index (χ0v) is 101. The van der Waals surface area contributed by atoms with Gasteiger partial charge in [0.2, 0.25) is 0 Å². The largest absolute Gasteiger partial charge is 0.179 e. The van der Waals surface area contributed by atoms with Crippen molar-refractivity contribution in [2.24, 2.45) is 0 Å². The third-order valence-corrected chi connectivity index (χ3v) is 35.3. The number of thioether (sulfide) groups is 3. The quantitative estimate of drug-likeness (QED) is 0.0204. The molecule has 0 spiro atoms. The Morgan fingerprint density at radius 1 is 0.108 bits per heavy atom. The van der Waals surface area contributed by atoms with E-state index < -0.39 is 0 Å². The minimum atomic E-state index is 0. The predicted molar refractivity (Wildman–Crippen MR) is 639 cm³/mol. The van der Waals surface area contributed by atoms with E-state index in [1.54, 1.807) is 0 Å². The van der Waals surface area contributed by atoms with Crippen LogP contribution in [0.5, 0.6) is 0 Å². The van der Waals surface area contributed by atoms with Gasteiger partial charge >= 0.3 is 0 Å². The molecule has 0 saturated heterocycles. The average molecular weight is 2100 g/mol. The number of hydrogen-bond acceptors (Lipinski definition) is 9. The summed E-state index contributed by atoms with van der Waals surface area (Å²) < 4.78 is 0. The van der Waals surface area contributed by atoms with Crippen LogP contribution in [0, 0.1) is 0 Å². The van der Waals surface area contributed by atoms with Crippen LogP contribution in [-0.2, 0) is 0 Å². The molecule has 3 radical (unpaired) electrons. The van der Waals surface area contributed by atoms with Crippen molar-refractivity contribution in [1.29, 1.82) is 0 Å². The van der Waals surface area contributed by atoms with Crippen LogP contribution < -0.4 is 0 Å². The first-order chi connectivity index (χ1) is 63.8. The Kier molecular flexibility index (Phi) is 141. The molecule has 0 aromatic heterocycles. The summed E-state index contributed by atoms with van der Waals surface area (Å²) in [6.45, 7) is 13.9. The molecule has 0 aliphatic carbocycles. The fourth-order valence-electron chi connectivity index (χ4n) is 19.8. The third kappa shape index (κ3) is 122. The first-order valence-electron chi connectivity index (χ1n) is 60.5. The molecule has 0 heterocycles. The molecule has 0 bridgehead atoms. The van der Waals surface area contributed by atoms with Crippen molar-refractivity contribution in [3.8, 4) is 0 Å². The summed E-state index contributed by atoms with van der Waals surface area (Å²) in [6.07, 6.45) is 147. The molecule has 10 heteroatoms. The molecule has 0 rings (SSSR count). The van der Waals surface area contributed by atoms with Gasteiger partial charge in [0.25, 0.3) is 0 Å². The predicted octanol–water partition coefficient (Wildman–Crippen LogP) is 46.5. The first-order valence-corrected chi connectivity index (χ1v) is 67.1. The zero-order chi connectivity index (χ0) is 94.0. The summed E-state index contributed by atoms with van der Waals surface area (Å²) in [6, 6.07) is 0. The van der Waals surface area contributed by atoms with Gasteiger partial charge in [-0.15, -0.1) is 0 Å². The number of hydrogen-bond donors (Lipinski definition) is 6. The SMILES string of the molecule is CCCCCCCCCCCCCCCCCC(CCS)SC(CCS)CCCCCCCCCCCCCCCCC.CCCCCCCCCCCCCCCCCC(CCS)SC(CCS)CCCCCCCCCCCCCCCCC.CCCCCCCCCCCCCCCCCC(CCS)SC(CCS)CCCCCCCCCCCCCCCCC.[Sb]. The molecule has 0 amide bonds. The molecule has 0 aliphatic rings. The van der Waals surface area contributed by atoms with Crippen molar-refractivity contribution < 1.29 is 0 Å². The summed E-state index contributed by atoms with van der Waals surface area (Å²) in [4.78, 5) is 0. The second-order valence-corrected chi connectivity index (χ2v) is 49.1. The van der Waals surface area contributed by atoms with E-state index in [9.17, 15) is 0 Å². The van der Waals surface area contributed by atoms with Gasteiger partial charge in [-0.3, -0.25) is 0 Å². The van der Waals surface area contributed by atoms with Gasteiger partial charge in [-0.1, -0.05) is 619 Å². The van der Waals surface area contributed by atoms with Crippen LogP contribution in [0.2, 0.25) is 0 Å². The molecule has 0 N–H and O–H groups in total. The number of thiol groups is 6. The van der Waals surface area contributed by atoms with Gasteiger partial charge in [0.1, 0.15) is 0 Å². The molecular formula is C120H246S9Sb. The van der Waals surface area contributed by atoms with Gasteiger partial charge in [-0.25, -0.2) is 0 Å². The third-order valence-electron chi connectivity index (χ3n) is 28.6. The van der Waals surface area contributed by atoms with Crippen LogP contribution in [-0.4, -0.2) is 90.4 Å². The number of unbranched alkanes of at least 4 members (excludes halogenated alkanes) is 84. The van der Waals surface area contributed by atoms with Crippen LogP contribution in [0.1, 0.15) is 696 Å². The normalized spacial score (nSPS) is 13.0. The van der Waals surface area contributed by atoms with Gasteiger partial charge in [-0.2, -0.15) is 111 Å². The van der Waals surface area contributed by atoms with Crippen molar-refractivity contribution in [3.63, 3.8) is 0 Å². The Morgan fingerprint density at radius 3 is 0.246 bits per heavy atom. The summed E-state index contributed by atoms with van der Waals surface area (Å²) in [5, 5.41) is 4.92. The standard InChI is InChI=1S/3C40H82S3.Sb/c3*1-3-5-7-9-11-13-15-17-19-21-23-25-27-29-31-33-39(35-37-41)43-40(36-38-42)34-32-30-28-26-24-22-20-18-16-14-12-10-8-6-4-2;/h3*39-42H,3-38H2,1-2H3;. The summed E-state index contributed by atoms with van der Waals surface area (Å²) in [7, 11) is 0. The maximum Gasteiger partial charge on any atom is 0.00575 e. The average Bonchev–Trinajstić information content (AvgIpc) is 0.956. The summed E-state index contributed by atoms with van der Waals surface area (Å²) >= 11 is 34.7. The maximum absolute atomic E-state index is 4.62. The Morgan fingerprint density at radius 2 is 0.177 bits per heavy atom. The second-order valence-electron chi connectivity index (χ2n) is 41.6. The van der Waals surface area contributed by atoms with Gasteiger partial charge in [0, 0.05) is 55.9 Å². The van der Waals surface area contributed by atoms with E-state index in [1.165, 1.54) is 655 Å². The summed E-state index contributed by atoms with van der Waals surface area (Å²) in [5.74, 6) is 6.27. The van der Waals surface area contributed by atoms with E-state index in [4.69, 9.17) is 0 Å². The van der Waals surface area contributed by atoms with E-state index in [0.29, 0.717) is 0 Å². The molecule has 130 heavy (non-hydrogen) atoms. The fraction of sp³-hybridized carbons (Fsp3) is 1.00. The molecule has 0 fully saturated rings. The van der Waals surface area contributed by atoms with E-state index >= 15 is 0 Å². The van der Waals surface area contributed by atoms with Crippen molar-refractivity contribution in [2.45, 2.75) is 728 Å². The van der Waals surface area contributed by atoms with E-state index in [-0.39, 0.29) is 24.4 Å². The molecular weight excluding hydrogens is 1850 g/mol. The van der Waals surface area contributed by atoms with E-state index in [2.05, 4.69) is 153 Å². The minimum absolute atomic E-state index is 0. The van der Waals surface area contributed by atoms with Crippen molar-refractivity contribution in [2.75, 3.05) is 34.5 Å². The molecule has 6 atom stereocenters. The van der Waals surface area contributed by atoms with Gasteiger partial charge in [-0.05, 0) is 112 Å². The van der Waals surface area contributed by atoms with Crippen molar-refractivity contribution in [3.05, 3.63) is 0 Å². The number of rotatable bonds is 114. The van der Waals surface area contributed by atoms with E-state index in [0.717, 1.165) is 66.0 Å². The topological polar surface area (TPSA) is 0 Å². The van der Waals surface area contributed by atoms with E-state index in [1.807, 2.05) is 0 Å². The van der Waals surface area contributed by atoms with Crippen molar-refractivity contribution in [1.82, 2.24) is 0 Å². The Labute approximate surface area is 889 Å². The molecule has 0 nitrogen and oxygen atoms in total. The van der Waals surface area contributed by atoms with Crippen LogP contribution in [0.15, 0.2) is 0 Å². The monoisotopic (exact) mass is 2100 g/mol. The smallest absolute Gasteiger partial charge is 0.00575 e. The molecule has 0 aromatic rings. The van der Waals surface area contributed by atoms with Crippen LogP contribution in [0.25, 0.3) is 0 Å². The first kappa shape index (κ1) is 140.